The predicted octanol–water partition coefficient (Wildman–Crippen LogP) is 7.65. The van der Waals surface area contributed by atoms with Crippen LogP contribution in [0.15, 0.2) is 16.8 Å². The van der Waals surface area contributed by atoms with Crippen LogP contribution >= 0.6 is 0 Å². The third-order valence-electron chi connectivity index (χ3n) is 10.1. The highest BCUT2D eigenvalue weighted by Crippen LogP contribution is 2.67. The van der Waals surface area contributed by atoms with Gasteiger partial charge in [0.25, 0.3) is 0 Å². The summed E-state index contributed by atoms with van der Waals surface area (Å²) in [5, 5.41) is 4.31. The Labute approximate surface area is 247 Å². The van der Waals surface area contributed by atoms with E-state index in [1.807, 2.05) is 0 Å². The summed E-state index contributed by atoms with van der Waals surface area (Å²) in [4.78, 5) is 18.7. The number of carbonyl (C=O) groups excluding carboxylic acids is 1. The number of nitrogens with zero attached hydrogens (tertiary/aromatic N) is 1. The van der Waals surface area contributed by atoms with Gasteiger partial charge < -0.3 is 22.9 Å². The van der Waals surface area contributed by atoms with Crippen molar-refractivity contribution in [1.29, 1.82) is 0 Å². The Morgan fingerprint density at radius 2 is 1.70 bits per heavy atom. The Balaban J connectivity index is 1.75. The lowest BCUT2D eigenvalue weighted by Gasteiger charge is -2.61. The first-order valence-electron chi connectivity index (χ1n) is 15.7. The molecule has 3 fully saturated rings. The predicted molar refractivity (Wildman–Crippen MR) is 171 cm³/mol. The number of allylic oxidation sites excluding steroid dienone is 2. The number of aldehydes is 1. The quantitative estimate of drug-likeness (QED) is 0.145. The van der Waals surface area contributed by atoms with Crippen LogP contribution in [0.5, 0.6) is 0 Å². The van der Waals surface area contributed by atoms with Crippen molar-refractivity contribution < 1.29 is 22.9 Å². The van der Waals surface area contributed by atoms with Gasteiger partial charge in [0.1, 0.15) is 13.4 Å². The van der Waals surface area contributed by atoms with E-state index < -0.39 is 30.4 Å². The number of oxime groups is 1. The first-order valence-corrected chi connectivity index (χ1v) is 25.9. The van der Waals surface area contributed by atoms with Gasteiger partial charge in [-0.05, 0) is 139 Å². The first-order chi connectivity index (χ1) is 18.4. The molecule has 0 unspecified atom stereocenters. The summed E-state index contributed by atoms with van der Waals surface area (Å²) in [6.45, 7) is 23.5. The summed E-state index contributed by atoms with van der Waals surface area (Å²) in [7, 11) is -3.83. The smallest absolute Gasteiger partial charge is 0.184 e. The molecule has 40 heavy (non-hydrogen) atoms. The number of carbonyl (C=O) groups is 1. The molecule has 228 valence electrons. The number of rotatable bonds is 10. The van der Waals surface area contributed by atoms with Gasteiger partial charge in [0.2, 0.25) is 0 Å². The maximum absolute atomic E-state index is 13.5. The van der Waals surface area contributed by atoms with E-state index >= 15 is 0 Å². The molecule has 0 aromatic carbocycles. The third-order valence-corrected chi connectivity index (χ3v) is 13.2. The maximum atomic E-state index is 13.5. The summed E-state index contributed by atoms with van der Waals surface area (Å²) < 4.78 is 20.6. The van der Waals surface area contributed by atoms with E-state index in [1.54, 1.807) is 7.11 Å². The molecule has 0 radical (unpaired) electrons. The van der Waals surface area contributed by atoms with Gasteiger partial charge >= 0.3 is 0 Å². The number of hydrogen-bond acceptors (Lipinski definition) is 6. The van der Waals surface area contributed by atoms with Gasteiger partial charge in [0.05, 0.1) is 18.4 Å². The SMILES string of the molecule is CO/N=C1\C=C2CC[C@@H]3[C@H]([C@@H](O[Si](C)(C)C)C[C@]4(C=O)[C@@H]([C@H](CO[Si](C)(C)C)O[Si](C)(C)C)CC[C@@H]34)[C@@]2(C)CC1. The van der Waals surface area contributed by atoms with Crippen molar-refractivity contribution in [3.8, 4) is 0 Å². The lowest BCUT2D eigenvalue weighted by atomic mass is 9.45. The van der Waals surface area contributed by atoms with Crippen molar-refractivity contribution in [3.63, 3.8) is 0 Å². The Hall–Kier alpha value is -0.589. The minimum absolute atomic E-state index is 0.0326. The van der Waals surface area contributed by atoms with Crippen LogP contribution in [0.25, 0.3) is 0 Å². The van der Waals surface area contributed by atoms with Gasteiger partial charge in [0.15, 0.2) is 25.0 Å². The zero-order valence-electron chi connectivity index (χ0n) is 27.3. The maximum Gasteiger partial charge on any atom is 0.184 e. The fraction of sp³-hybridized carbons (Fsp3) is 0.871. The minimum Gasteiger partial charge on any atom is -0.415 e. The second-order valence-electron chi connectivity index (χ2n) is 16.3. The molecule has 0 bridgehead atoms. The molecule has 4 aliphatic carbocycles. The largest absolute Gasteiger partial charge is 0.415 e. The van der Waals surface area contributed by atoms with Gasteiger partial charge in [-0.2, -0.15) is 0 Å². The molecule has 9 heteroatoms. The lowest BCUT2D eigenvalue weighted by molar-refractivity contribution is -0.153. The van der Waals surface area contributed by atoms with E-state index in [-0.39, 0.29) is 23.5 Å². The van der Waals surface area contributed by atoms with Crippen LogP contribution in [-0.2, 0) is 22.9 Å². The van der Waals surface area contributed by atoms with E-state index in [1.165, 1.54) is 11.9 Å². The highest BCUT2D eigenvalue weighted by atomic mass is 28.4. The second-order valence-corrected chi connectivity index (χ2v) is 29.7. The van der Waals surface area contributed by atoms with E-state index in [0.717, 1.165) is 50.7 Å². The average molecular weight is 608 g/mol. The van der Waals surface area contributed by atoms with Crippen molar-refractivity contribution in [3.05, 3.63) is 11.6 Å². The molecule has 3 saturated carbocycles. The topological polar surface area (TPSA) is 66.4 Å². The first kappa shape index (κ1) is 32.3. The summed E-state index contributed by atoms with van der Waals surface area (Å²) in [6, 6.07) is 0. The molecule has 6 nitrogen and oxygen atoms in total. The second kappa shape index (κ2) is 11.5. The van der Waals surface area contributed by atoms with Crippen LogP contribution < -0.4 is 0 Å². The molecule has 0 N–H and O–H groups in total. The van der Waals surface area contributed by atoms with Gasteiger partial charge in [0, 0.05) is 11.5 Å². The molecule has 0 amide bonds. The fourth-order valence-electron chi connectivity index (χ4n) is 8.93. The van der Waals surface area contributed by atoms with Gasteiger partial charge in [-0.3, -0.25) is 0 Å². The molecule has 0 spiro atoms. The van der Waals surface area contributed by atoms with Crippen LogP contribution in [0.3, 0.4) is 0 Å². The molecule has 0 aliphatic heterocycles. The average Bonchev–Trinajstić information content (AvgIpc) is 3.19. The molecule has 8 atom stereocenters. The molecule has 0 aromatic heterocycles. The van der Waals surface area contributed by atoms with Gasteiger partial charge in [-0.25, -0.2) is 0 Å². The molecule has 0 heterocycles. The summed E-state index contributed by atoms with van der Waals surface area (Å²) in [5.41, 5.74) is 2.23. The van der Waals surface area contributed by atoms with Gasteiger partial charge in [-0.15, -0.1) is 0 Å². The lowest BCUT2D eigenvalue weighted by Crippen LogP contribution is -2.61. The fourth-order valence-corrected chi connectivity index (χ4v) is 11.9. The van der Waals surface area contributed by atoms with Crippen molar-refractivity contribution in [1.82, 2.24) is 0 Å². The highest BCUT2D eigenvalue weighted by molar-refractivity contribution is 6.70. The zero-order chi connectivity index (χ0) is 29.7. The summed E-state index contributed by atoms with van der Waals surface area (Å²) in [6.07, 6.45) is 10.9. The highest BCUT2D eigenvalue weighted by Gasteiger charge is 2.65. The standard InChI is InChI=1S/C31H57NO5Si3/c1-30-17-16-23(32-34-2)18-22(30)12-13-24-25-14-15-26(28(37-40(9,10)11)20-35-38(3,4)5)31(25,21-33)19-27(29(24)30)36-39(6,7)8/h18,21,24-29H,12-17,19-20H2,1-11H3/b32-23-/t24-,25-,26+,27-,28-,29+,30-,31+/m0/s1. The molecule has 0 saturated heterocycles. The Kier molecular flexibility index (Phi) is 9.28. The van der Waals surface area contributed by atoms with E-state index in [9.17, 15) is 4.79 Å². The Bertz CT molecular complexity index is 996. The normalized spacial score (nSPS) is 38.2. The Morgan fingerprint density at radius 1 is 1.00 bits per heavy atom. The van der Waals surface area contributed by atoms with Crippen LogP contribution in [0.4, 0.5) is 0 Å². The number of fused-ring (bicyclic) bond motifs is 5. The summed E-state index contributed by atoms with van der Waals surface area (Å²) in [5.74, 6) is 1.48. The van der Waals surface area contributed by atoms with Crippen molar-refractivity contribution in [2.45, 2.75) is 123 Å². The minimum atomic E-state index is -1.88. The molecule has 4 rings (SSSR count). The molecular formula is C31H57NO5Si3. The van der Waals surface area contributed by atoms with Gasteiger partial charge in [-0.1, -0.05) is 17.7 Å². The van der Waals surface area contributed by atoms with Crippen LogP contribution in [-0.4, -0.2) is 62.9 Å². The van der Waals surface area contributed by atoms with Crippen molar-refractivity contribution in [2.75, 3.05) is 13.7 Å². The van der Waals surface area contributed by atoms with Crippen molar-refractivity contribution in [2.24, 2.45) is 39.7 Å². The molecule has 4 aliphatic rings. The monoisotopic (exact) mass is 607 g/mol. The summed E-state index contributed by atoms with van der Waals surface area (Å²) >= 11 is 0. The van der Waals surface area contributed by atoms with E-state index in [2.05, 4.69) is 77.1 Å². The number of hydrogen-bond donors (Lipinski definition) is 0. The zero-order valence-corrected chi connectivity index (χ0v) is 30.3. The van der Waals surface area contributed by atoms with Crippen LogP contribution in [0, 0.1) is 34.5 Å². The molecular weight excluding hydrogens is 551 g/mol. The van der Waals surface area contributed by atoms with Crippen molar-refractivity contribution >= 4 is 37.0 Å². The Morgan fingerprint density at radius 3 is 2.27 bits per heavy atom. The van der Waals surface area contributed by atoms with Crippen LogP contribution in [0.2, 0.25) is 58.9 Å². The third kappa shape index (κ3) is 6.64. The van der Waals surface area contributed by atoms with E-state index in [4.69, 9.17) is 18.1 Å². The van der Waals surface area contributed by atoms with Crippen LogP contribution in [0.1, 0.15) is 51.9 Å². The van der Waals surface area contributed by atoms with E-state index in [0.29, 0.717) is 24.4 Å². The molecule has 0 aromatic rings.